The molecule has 12 unspecified atom stereocenters. The number of allylic oxidation sites excluding steroid dienone is 9. The lowest BCUT2D eigenvalue weighted by atomic mass is 9.97. The zero-order valence-electron chi connectivity index (χ0n) is 51.0. The second-order valence-electron chi connectivity index (χ2n) is 23.2. The Morgan fingerprint density at radius 1 is 0.444 bits per heavy atom. The Hall–Kier alpha value is -2.31. The van der Waals surface area contributed by atoms with Crippen molar-refractivity contribution in [1.29, 1.82) is 0 Å². The lowest BCUT2D eigenvalue weighted by Crippen LogP contribution is -2.65. The first-order chi connectivity index (χ1) is 39.6. The summed E-state index contributed by atoms with van der Waals surface area (Å²) >= 11 is 0. The number of hydrogen-bond acceptors (Lipinski definition) is 13. The predicted octanol–water partition coefficient (Wildman–Crippen LogP) is 12.5. The Bertz CT molecular complexity index is 1590. The maximum absolute atomic E-state index is 13.2. The van der Waals surface area contributed by atoms with E-state index in [0.717, 1.165) is 70.6 Å². The summed E-state index contributed by atoms with van der Waals surface area (Å²) in [6.07, 6.45) is 51.6. The molecule has 0 radical (unpaired) electrons. The van der Waals surface area contributed by atoms with Gasteiger partial charge >= 0.3 is 0 Å². The SMILES string of the molecule is CCCC/C=C\C/C=C\CCCCCCCC(=O)NC(COC1OC(CO)C(OC2OC(CO)C(O)C(O)C2O)C(O)C1O)C(O)/C=C/CC/C=C/CC/C=C/CCCCCCCCCCCCCCCCCCCCCCCCC. The van der Waals surface area contributed by atoms with Gasteiger partial charge in [0.15, 0.2) is 12.6 Å². The van der Waals surface area contributed by atoms with E-state index in [-0.39, 0.29) is 18.9 Å². The van der Waals surface area contributed by atoms with Gasteiger partial charge in [-0.2, -0.15) is 0 Å². The summed E-state index contributed by atoms with van der Waals surface area (Å²) in [6.45, 7) is 2.73. The van der Waals surface area contributed by atoms with Crippen molar-refractivity contribution < 1.29 is 64.6 Å². The van der Waals surface area contributed by atoms with Gasteiger partial charge in [0.1, 0.15) is 48.8 Å². The second-order valence-corrected chi connectivity index (χ2v) is 23.2. The number of nitrogens with one attached hydrogen (secondary N) is 1. The van der Waals surface area contributed by atoms with Gasteiger partial charge in [-0.1, -0.05) is 248 Å². The number of carbonyl (C=O) groups is 1. The quantitative estimate of drug-likeness (QED) is 0.0204. The highest BCUT2D eigenvalue weighted by Gasteiger charge is 2.51. The van der Waals surface area contributed by atoms with Crippen molar-refractivity contribution in [3.8, 4) is 0 Å². The summed E-state index contributed by atoms with van der Waals surface area (Å²) in [5, 5.41) is 87.1. The van der Waals surface area contributed by atoms with Gasteiger partial charge in [0.2, 0.25) is 5.91 Å². The Labute approximate surface area is 492 Å². The molecule has 2 fully saturated rings. The van der Waals surface area contributed by atoms with Gasteiger partial charge in [-0.15, -0.1) is 0 Å². The van der Waals surface area contributed by atoms with Crippen LogP contribution in [0.4, 0.5) is 0 Å². The van der Waals surface area contributed by atoms with Crippen molar-refractivity contribution in [1.82, 2.24) is 5.32 Å². The molecule has 12 atom stereocenters. The fraction of sp³-hybridized carbons (Fsp3) is 0.836. The molecule has 2 aliphatic rings. The molecular formula is C67H121NO13. The lowest BCUT2D eigenvalue weighted by Gasteiger charge is -2.46. The van der Waals surface area contributed by atoms with Crippen molar-refractivity contribution in [2.45, 2.75) is 338 Å². The van der Waals surface area contributed by atoms with Crippen LogP contribution in [0.1, 0.15) is 264 Å². The molecule has 81 heavy (non-hydrogen) atoms. The molecule has 2 saturated heterocycles. The van der Waals surface area contributed by atoms with Crippen molar-refractivity contribution in [2.24, 2.45) is 0 Å². The van der Waals surface area contributed by atoms with Crippen LogP contribution in [0.15, 0.2) is 60.8 Å². The molecule has 0 saturated carbocycles. The normalized spacial score (nSPS) is 24.5. The molecular weight excluding hydrogens is 1030 g/mol. The van der Waals surface area contributed by atoms with Crippen LogP contribution in [0.5, 0.6) is 0 Å². The highest BCUT2D eigenvalue weighted by Crippen LogP contribution is 2.30. The van der Waals surface area contributed by atoms with Crippen molar-refractivity contribution in [3.63, 3.8) is 0 Å². The topological polar surface area (TPSA) is 228 Å². The third kappa shape index (κ3) is 37.0. The summed E-state index contributed by atoms with van der Waals surface area (Å²) in [6, 6.07) is -0.948. The van der Waals surface area contributed by atoms with Gasteiger partial charge in [-0.3, -0.25) is 4.79 Å². The Balaban J connectivity index is 1.68. The monoisotopic (exact) mass is 1150 g/mol. The molecule has 0 spiro atoms. The van der Waals surface area contributed by atoms with Gasteiger partial charge in [0.25, 0.3) is 0 Å². The minimum absolute atomic E-state index is 0.252. The minimum atomic E-state index is -1.80. The first kappa shape index (κ1) is 74.8. The summed E-state index contributed by atoms with van der Waals surface area (Å²) in [4.78, 5) is 13.2. The van der Waals surface area contributed by atoms with Gasteiger partial charge in [-0.25, -0.2) is 0 Å². The third-order valence-corrected chi connectivity index (χ3v) is 15.9. The maximum Gasteiger partial charge on any atom is 0.220 e. The molecule has 9 N–H and O–H groups in total. The van der Waals surface area contributed by atoms with Crippen LogP contribution in [0, 0.1) is 0 Å². The summed E-state index contributed by atoms with van der Waals surface area (Å²) < 4.78 is 22.8. The fourth-order valence-electron chi connectivity index (χ4n) is 10.6. The maximum atomic E-state index is 13.2. The summed E-state index contributed by atoms with van der Waals surface area (Å²) in [5.41, 5.74) is 0. The van der Waals surface area contributed by atoms with E-state index in [0.29, 0.717) is 12.8 Å². The van der Waals surface area contributed by atoms with Gasteiger partial charge in [-0.05, 0) is 70.6 Å². The molecule has 0 aliphatic carbocycles. The molecule has 14 nitrogen and oxygen atoms in total. The van der Waals surface area contributed by atoms with E-state index in [1.165, 1.54) is 161 Å². The van der Waals surface area contributed by atoms with E-state index in [4.69, 9.17) is 18.9 Å². The van der Waals surface area contributed by atoms with Crippen LogP contribution < -0.4 is 5.32 Å². The average Bonchev–Trinajstić information content (AvgIpc) is 3.65. The molecule has 0 bridgehead atoms. The van der Waals surface area contributed by atoms with Crippen LogP contribution >= 0.6 is 0 Å². The van der Waals surface area contributed by atoms with Crippen molar-refractivity contribution in [2.75, 3.05) is 19.8 Å². The average molecular weight is 1150 g/mol. The van der Waals surface area contributed by atoms with Crippen LogP contribution in [-0.4, -0.2) is 140 Å². The Morgan fingerprint density at radius 3 is 1.32 bits per heavy atom. The molecule has 2 rings (SSSR count). The molecule has 0 aromatic rings. The van der Waals surface area contributed by atoms with Crippen molar-refractivity contribution in [3.05, 3.63) is 60.8 Å². The zero-order valence-corrected chi connectivity index (χ0v) is 51.0. The van der Waals surface area contributed by atoms with Gasteiger partial charge in [0.05, 0.1) is 32.0 Å². The number of amides is 1. The zero-order chi connectivity index (χ0) is 58.8. The van der Waals surface area contributed by atoms with Crippen LogP contribution in [-0.2, 0) is 23.7 Å². The molecule has 2 heterocycles. The van der Waals surface area contributed by atoms with Gasteiger partial charge in [0, 0.05) is 6.42 Å². The number of aliphatic hydroxyl groups excluding tert-OH is 8. The minimum Gasteiger partial charge on any atom is -0.394 e. The lowest BCUT2D eigenvalue weighted by molar-refractivity contribution is -0.359. The number of carbonyl (C=O) groups excluding carboxylic acids is 1. The number of ether oxygens (including phenoxy) is 4. The molecule has 0 aromatic carbocycles. The number of unbranched alkanes of at least 4 members (excludes halogenated alkanes) is 32. The smallest absolute Gasteiger partial charge is 0.220 e. The Morgan fingerprint density at radius 2 is 0.840 bits per heavy atom. The molecule has 14 heteroatoms. The van der Waals surface area contributed by atoms with Crippen LogP contribution in [0.3, 0.4) is 0 Å². The molecule has 2 aliphatic heterocycles. The number of hydrogen-bond donors (Lipinski definition) is 9. The number of aliphatic hydroxyl groups is 8. The third-order valence-electron chi connectivity index (χ3n) is 15.9. The predicted molar refractivity (Wildman–Crippen MR) is 327 cm³/mol. The van der Waals surface area contributed by atoms with Gasteiger partial charge < -0.3 is 65.1 Å². The summed E-state index contributed by atoms with van der Waals surface area (Å²) in [5.74, 6) is -0.268. The first-order valence-corrected chi connectivity index (χ1v) is 33.0. The molecule has 0 aromatic heterocycles. The van der Waals surface area contributed by atoms with E-state index in [1.54, 1.807) is 6.08 Å². The van der Waals surface area contributed by atoms with Crippen molar-refractivity contribution >= 4 is 5.91 Å². The highest BCUT2D eigenvalue weighted by atomic mass is 16.7. The highest BCUT2D eigenvalue weighted by molar-refractivity contribution is 5.76. The molecule has 472 valence electrons. The largest absolute Gasteiger partial charge is 0.394 e. The summed E-state index contributed by atoms with van der Waals surface area (Å²) in [7, 11) is 0. The van der Waals surface area contributed by atoms with Crippen LogP contribution in [0.25, 0.3) is 0 Å². The van der Waals surface area contributed by atoms with E-state index in [9.17, 15) is 45.6 Å². The van der Waals surface area contributed by atoms with E-state index >= 15 is 0 Å². The Kier molecular flexibility index (Phi) is 48.1. The molecule has 1 amide bonds. The fourth-order valence-corrected chi connectivity index (χ4v) is 10.6. The number of rotatable bonds is 53. The van der Waals surface area contributed by atoms with Crippen LogP contribution in [0.2, 0.25) is 0 Å². The standard InChI is InChI=1S/C67H121NO13/c1-3-5-7-9-11-13-15-17-19-20-21-22-23-24-25-26-27-28-29-30-31-32-33-34-35-36-37-38-40-42-44-46-48-50-56(71)55(68-59(72)51-49-47-45-43-41-39-18-16-14-12-10-8-6-4-2)54-78-66-64(77)62(75)65(58(53-70)80-66)81-67-63(76)61(74)60(73)57(52-69)79-67/h10,12,16,18,35-36,40,42,48,50,55-58,60-67,69-71,73-77H,3-9,11,13-15,17,19-34,37-39,41,43-47,49,51-54H2,1-2H3,(H,68,72)/b12-10-,18-16-,36-35+,42-40+,50-48+. The second kappa shape index (κ2) is 52.1. The van der Waals surface area contributed by atoms with E-state index < -0.39 is 86.8 Å². The first-order valence-electron chi connectivity index (χ1n) is 33.0. The van der Waals surface area contributed by atoms with E-state index in [1.807, 2.05) is 6.08 Å². The van der Waals surface area contributed by atoms with E-state index in [2.05, 4.69) is 67.8 Å².